The molecule has 0 saturated carbocycles. The van der Waals surface area contributed by atoms with E-state index in [0.29, 0.717) is 5.75 Å². The molecule has 0 spiro atoms. The summed E-state index contributed by atoms with van der Waals surface area (Å²) in [5, 5.41) is 0. The Morgan fingerprint density at radius 1 is 1.42 bits per heavy atom. The summed E-state index contributed by atoms with van der Waals surface area (Å²) >= 11 is 0. The summed E-state index contributed by atoms with van der Waals surface area (Å²) < 4.78 is 5.02. The van der Waals surface area contributed by atoms with Crippen LogP contribution in [-0.2, 0) is 4.79 Å². The van der Waals surface area contributed by atoms with Crippen molar-refractivity contribution in [2.24, 2.45) is 5.92 Å². The number of hydrogen-bond acceptors (Lipinski definition) is 2. The van der Waals surface area contributed by atoms with Gasteiger partial charge in [-0.1, -0.05) is 26.0 Å². The second-order valence-corrected chi connectivity index (χ2v) is 2.81. The Kier molecular flexibility index (Phi) is 2.86. The molecule has 0 amide bonds. The minimum Gasteiger partial charge on any atom is -0.426 e. The summed E-state index contributed by atoms with van der Waals surface area (Å²) in [7, 11) is 0. The average molecular weight is 163 g/mol. The Bertz CT molecular complexity index is 252. The highest BCUT2D eigenvalue weighted by Gasteiger charge is 2.08. The molecule has 1 radical (unpaired) electrons. The first-order valence-electron chi connectivity index (χ1n) is 3.88. The SMILES string of the molecule is CC(C)C(=O)Oc1cc[c]cc1. The van der Waals surface area contributed by atoms with Crippen LogP contribution in [0.15, 0.2) is 24.3 Å². The van der Waals surface area contributed by atoms with Crippen LogP contribution in [0.4, 0.5) is 0 Å². The average Bonchev–Trinajstić information content (AvgIpc) is 2.06. The van der Waals surface area contributed by atoms with Crippen LogP contribution >= 0.6 is 0 Å². The van der Waals surface area contributed by atoms with Crippen molar-refractivity contribution in [3.8, 4) is 5.75 Å². The summed E-state index contributed by atoms with van der Waals surface area (Å²) in [6, 6.07) is 9.68. The Morgan fingerprint density at radius 3 is 2.50 bits per heavy atom. The molecular formula is C10H11O2. The third-order valence-corrected chi connectivity index (χ3v) is 1.38. The molecule has 0 aliphatic rings. The maximum Gasteiger partial charge on any atom is 0.313 e. The smallest absolute Gasteiger partial charge is 0.313 e. The van der Waals surface area contributed by atoms with E-state index in [1.165, 1.54) is 0 Å². The number of ether oxygens (including phenoxy) is 1. The first kappa shape index (κ1) is 8.78. The first-order chi connectivity index (χ1) is 5.70. The monoisotopic (exact) mass is 163 g/mol. The van der Waals surface area contributed by atoms with Crippen LogP contribution in [0.5, 0.6) is 5.75 Å². The van der Waals surface area contributed by atoms with E-state index in [-0.39, 0.29) is 11.9 Å². The van der Waals surface area contributed by atoms with Gasteiger partial charge in [0.15, 0.2) is 0 Å². The van der Waals surface area contributed by atoms with E-state index in [4.69, 9.17) is 4.74 Å². The molecule has 2 heteroatoms. The second-order valence-electron chi connectivity index (χ2n) is 2.81. The van der Waals surface area contributed by atoms with Gasteiger partial charge in [0, 0.05) is 0 Å². The summed E-state index contributed by atoms with van der Waals surface area (Å²) in [5.74, 6) is 0.280. The van der Waals surface area contributed by atoms with E-state index in [1.807, 2.05) is 0 Å². The summed E-state index contributed by atoms with van der Waals surface area (Å²) in [5.41, 5.74) is 0. The van der Waals surface area contributed by atoms with E-state index >= 15 is 0 Å². The van der Waals surface area contributed by atoms with E-state index in [9.17, 15) is 4.79 Å². The highest BCUT2D eigenvalue weighted by molar-refractivity contribution is 5.74. The van der Waals surface area contributed by atoms with Crippen LogP contribution in [0.3, 0.4) is 0 Å². The van der Waals surface area contributed by atoms with E-state index in [0.717, 1.165) is 0 Å². The molecule has 0 fully saturated rings. The molecule has 0 aliphatic carbocycles. The summed E-state index contributed by atoms with van der Waals surface area (Å²) in [6.07, 6.45) is 0. The van der Waals surface area contributed by atoms with Crippen molar-refractivity contribution >= 4 is 5.97 Å². The van der Waals surface area contributed by atoms with Gasteiger partial charge in [0.25, 0.3) is 0 Å². The van der Waals surface area contributed by atoms with Crippen LogP contribution in [-0.4, -0.2) is 5.97 Å². The fourth-order valence-electron chi connectivity index (χ4n) is 0.674. The normalized spacial score (nSPS) is 9.92. The maximum atomic E-state index is 11.1. The lowest BCUT2D eigenvalue weighted by Crippen LogP contribution is -2.14. The molecule has 0 atom stereocenters. The predicted octanol–water partition coefficient (Wildman–Crippen LogP) is 2.05. The fourth-order valence-corrected chi connectivity index (χ4v) is 0.674. The number of carbonyl (C=O) groups excluding carboxylic acids is 1. The van der Waals surface area contributed by atoms with Gasteiger partial charge in [-0.25, -0.2) is 0 Å². The third kappa shape index (κ3) is 2.38. The van der Waals surface area contributed by atoms with Crippen LogP contribution in [0.2, 0.25) is 0 Å². The van der Waals surface area contributed by atoms with Crippen molar-refractivity contribution in [1.29, 1.82) is 0 Å². The third-order valence-electron chi connectivity index (χ3n) is 1.38. The predicted molar refractivity (Wildman–Crippen MR) is 45.8 cm³/mol. The Balaban J connectivity index is 2.59. The Morgan fingerprint density at radius 2 is 2.00 bits per heavy atom. The number of rotatable bonds is 2. The minimum absolute atomic E-state index is 0.0887. The molecule has 0 N–H and O–H groups in total. The highest BCUT2D eigenvalue weighted by atomic mass is 16.5. The molecule has 63 valence electrons. The lowest BCUT2D eigenvalue weighted by molar-refractivity contribution is -0.137. The highest BCUT2D eigenvalue weighted by Crippen LogP contribution is 2.10. The molecule has 0 saturated heterocycles. The quantitative estimate of drug-likeness (QED) is 0.492. The zero-order valence-corrected chi connectivity index (χ0v) is 7.20. The maximum absolute atomic E-state index is 11.1. The molecule has 0 unspecified atom stereocenters. The van der Waals surface area contributed by atoms with E-state index in [1.54, 1.807) is 38.1 Å². The molecular weight excluding hydrogens is 152 g/mol. The van der Waals surface area contributed by atoms with E-state index < -0.39 is 0 Å². The standard InChI is InChI=1S/C10H11O2/c1-8(2)10(11)12-9-6-4-3-5-7-9/h4-8H,1-2H3. The topological polar surface area (TPSA) is 26.3 Å². The lowest BCUT2D eigenvalue weighted by atomic mass is 10.2. The van der Waals surface area contributed by atoms with Gasteiger partial charge in [-0.2, -0.15) is 0 Å². The Hall–Kier alpha value is -1.31. The van der Waals surface area contributed by atoms with Crippen molar-refractivity contribution in [1.82, 2.24) is 0 Å². The molecule has 1 aromatic carbocycles. The van der Waals surface area contributed by atoms with E-state index in [2.05, 4.69) is 6.07 Å². The van der Waals surface area contributed by atoms with Crippen molar-refractivity contribution in [3.63, 3.8) is 0 Å². The molecule has 2 nitrogen and oxygen atoms in total. The van der Waals surface area contributed by atoms with Gasteiger partial charge in [-0.15, -0.1) is 0 Å². The van der Waals surface area contributed by atoms with Crippen LogP contribution in [0.1, 0.15) is 13.8 Å². The van der Waals surface area contributed by atoms with Gasteiger partial charge in [-0.05, 0) is 18.2 Å². The van der Waals surface area contributed by atoms with Crippen molar-refractivity contribution in [2.75, 3.05) is 0 Å². The van der Waals surface area contributed by atoms with Crippen LogP contribution in [0.25, 0.3) is 0 Å². The van der Waals surface area contributed by atoms with Gasteiger partial charge >= 0.3 is 5.97 Å². The number of esters is 1. The van der Waals surface area contributed by atoms with Gasteiger partial charge < -0.3 is 4.74 Å². The van der Waals surface area contributed by atoms with Crippen LogP contribution < -0.4 is 4.74 Å². The molecule has 0 heterocycles. The largest absolute Gasteiger partial charge is 0.426 e. The molecule has 1 rings (SSSR count). The molecule has 0 bridgehead atoms. The Labute approximate surface area is 72.2 Å². The van der Waals surface area contributed by atoms with Gasteiger partial charge in [0.05, 0.1) is 5.92 Å². The van der Waals surface area contributed by atoms with Gasteiger partial charge in [-0.3, -0.25) is 4.79 Å². The molecule has 0 aromatic heterocycles. The number of hydrogen-bond donors (Lipinski definition) is 0. The number of carbonyl (C=O) groups is 1. The molecule has 12 heavy (non-hydrogen) atoms. The van der Waals surface area contributed by atoms with Gasteiger partial charge in [0.1, 0.15) is 5.75 Å². The van der Waals surface area contributed by atoms with Crippen molar-refractivity contribution in [3.05, 3.63) is 30.3 Å². The summed E-state index contributed by atoms with van der Waals surface area (Å²) in [6.45, 7) is 3.61. The second kappa shape index (κ2) is 3.90. The lowest BCUT2D eigenvalue weighted by Gasteiger charge is -2.05. The minimum atomic E-state index is -0.207. The van der Waals surface area contributed by atoms with Crippen molar-refractivity contribution < 1.29 is 9.53 Å². The fraction of sp³-hybridized carbons (Fsp3) is 0.300. The van der Waals surface area contributed by atoms with Crippen LogP contribution in [0, 0.1) is 12.0 Å². The van der Waals surface area contributed by atoms with Gasteiger partial charge in [0.2, 0.25) is 0 Å². The number of benzene rings is 1. The van der Waals surface area contributed by atoms with Crippen molar-refractivity contribution in [2.45, 2.75) is 13.8 Å². The summed E-state index contributed by atoms with van der Waals surface area (Å²) in [4.78, 5) is 11.1. The zero-order chi connectivity index (χ0) is 8.97. The first-order valence-corrected chi connectivity index (χ1v) is 3.88. The molecule has 1 aromatic rings. The molecule has 0 aliphatic heterocycles. The zero-order valence-electron chi connectivity index (χ0n) is 7.20.